The quantitative estimate of drug-likeness (QED) is 0.636. The Morgan fingerprint density at radius 1 is 1.04 bits per heavy atom. The molecule has 1 N–H and O–H groups in total. The first-order valence-electron chi connectivity index (χ1n) is 7.63. The predicted octanol–water partition coefficient (Wildman–Crippen LogP) is 5.28. The van der Waals surface area contributed by atoms with Gasteiger partial charge < -0.3 is 14.8 Å². The second-order valence-electron chi connectivity index (χ2n) is 5.10. The Morgan fingerprint density at radius 2 is 1.70 bits per heavy atom. The molecular weight excluding hydrogens is 354 g/mol. The molecule has 2 aromatic carbocycles. The second kappa shape index (κ2) is 9.26. The van der Waals surface area contributed by atoms with Crippen molar-refractivity contribution in [1.82, 2.24) is 0 Å². The molecule has 0 aliphatic carbocycles. The van der Waals surface area contributed by atoms with Gasteiger partial charge in [-0.15, -0.1) is 0 Å². The Balaban J connectivity index is 1.86. The van der Waals surface area contributed by atoms with Crippen molar-refractivity contribution >= 4 is 21.6 Å². The molecule has 1 atom stereocenters. The first kappa shape index (κ1) is 17.4. The topological polar surface area (TPSA) is 30.5 Å². The van der Waals surface area contributed by atoms with Gasteiger partial charge in [-0.05, 0) is 55.5 Å². The monoisotopic (exact) mass is 375 g/mol. The number of allylic oxidation sites excluding steroid dienone is 1. The molecule has 122 valence electrons. The van der Waals surface area contributed by atoms with Gasteiger partial charge in [-0.3, -0.25) is 0 Å². The van der Waals surface area contributed by atoms with E-state index in [0.717, 1.165) is 28.1 Å². The van der Waals surface area contributed by atoms with Crippen LogP contribution in [0, 0.1) is 0 Å². The Bertz CT molecular complexity index is 608. The van der Waals surface area contributed by atoms with Crippen LogP contribution in [0.1, 0.15) is 13.3 Å². The lowest BCUT2D eigenvalue weighted by molar-refractivity contribution is 0.307. The number of benzene rings is 2. The van der Waals surface area contributed by atoms with Gasteiger partial charge in [-0.2, -0.15) is 0 Å². The van der Waals surface area contributed by atoms with Crippen molar-refractivity contribution in [2.24, 2.45) is 0 Å². The van der Waals surface area contributed by atoms with Crippen LogP contribution in [0.25, 0.3) is 0 Å². The van der Waals surface area contributed by atoms with E-state index in [1.54, 1.807) is 7.11 Å². The molecule has 0 aliphatic rings. The number of rotatable bonds is 8. The second-order valence-corrected chi connectivity index (χ2v) is 6.01. The summed E-state index contributed by atoms with van der Waals surface area (Å²) in [7, 11) is 1.67. The highest BCUT2D eigenvalue weighted by atomic mass is 79.9. The molecule has 1 unspecified atom stereocenters. The number of methoxy groups -OCH3 is 1. The third-order valence-electron chi connectivity index (χ3n) is 3.38. The maximum absolute atomic E-state index is 5.80. The van der Waals surface area contributed by atoms with Crippen LogP contribution >= 0.6 is 15.9 Å². The van der Waals surface area contributed by atoms with E-state index in [1.165, 1.54) is 0 Å². The zero-order chi connectivity index (χ0) is 16.5. The largest absolute Gasteiger partial charge is 0.497 e. The Morgan fingerprint density at radius 3 is 2.30 bits per heavy atom. The lowest BCUT2D eigenvalue weighted by Crippen LogP contribution is -2.19. The smallest absolute Gasteiger partial charge is 0.119 e. The minimum Gasteiger partial charge on any atom is -0.497 e. The first-order chi connectivity index (χ1) is 11.2. The van der Waals surface area contributed by atoms with Crippen LogP contribution in [0.15, 0.2) is 65.2 Å². The van der Waals surface area contributed by atoms with Gasteiger partial charge in [0.15, 0.2) is 0 Å². The van der Waals surface area contributed by atoms with E-state index in [0.29, 0.717) is 6.61 Å². The number of halogens is 1. The van der Waals surface area contributed by atoms with Crippen LogP contribution in [0.3, 0.4) is 0 Å². The summed E-state index contributed by atoms with van der Waals surface area (Å²) in [6.45, 7) is 2.68. The predicted molar refractivity (Wildman–Crippen MR) is 99.5 cm³/mol. The maximum atomic E-state index is 5.80. The van der Waals surface area contributed by atoms with Crippen molar-refractivity contribution in [3.63, 3.8) is 0 Å². The van der Waals surface area contributed by atoms with E-state index in [4.69, 9.17) is 9.47 Å². The van der Waals surface area contributed by atoms with Gasteiger partial charge in [0.2, 0.25) is 0 Å². The van der Waals surface area contributed by atoms with Gasteiger partial charge >= 0.3 is 0 Å². The van der Waals surface area contributed by atoms with Crippen LogP contribution in [-0.4, -0.2) is 19.8 Å². The van der Waals surface area contributed by atoms with E-state index in [9.17, 15) is 0 Å². The van der Waals surface area contributed by atoms with Gasteiger partial charge in [-0.25, -0.2) is 0 Å². The summed E-state index contributed by atoms with van der Waals surface area (Å²) in [5.74, 6) is 1.74. The van der Waals surface area contributed by atoms with Gasteiger partial charge in [0.25, 0.3) is 0 Å². The molecule has 0 fully saturated rings. The number of nitrogens with one attached hydrogen (secondary N) is 1. The maximum Gasteiger partial charge on any atom is 0.119 e. The minimum atomic E-state index is 0.226. The summed E-state index contributed by atoms with van der Waals surface area (Å²) < 4.78 is 12.0. The zero-order valence-electron chi connectivity index (χ0n) is 13.5. The van der Waals surface area contributed by atoms with Crippen molar-refractivity contribution in [2.75, 3.05) is 19.0 Å². The summed E-state index contributed by atoms with van der Waals surface area (Å²) >= 11 is 3.42. The van der Waals surface area contributed by atoms with Gasteiger partial charge in [-0.1, -0.05) is 28.1 Å². The first-order valence-corrected chi connectivity index (χ1v) is 8.42. The number of hydrogen-bond donors (Lipinski definition) is 1. The van der Waals surface area contributed by atoms with Crippen molar-refractivity contribution in [3.05, 3.63) is 65.2 Å². The molecule has 2 rings (SSSR count). The highest BCUT2D eigenvalue weighted by Gasteiger charge is 2.05. The molecule has 0 heterocycles. The molecule has 0 saturated heterocycles. The molecule has 3 nitrogen and oxygen atoms in total. The summed E-state index contributed by atoms with van der Waals surface area (Å²) in [4.78, 5) is 0. The van der Waals surface area contributed by atoms with E-state index in [-0.39, 0.29) is 6.04 Å². The standard InChI is InChI=1S/C19H22BrNO2/c1-3-4-16(21-17-7-11-18(22-2)12-8-17)13-14-23-19-9-5-15(20)6-10-19/h3-12,16,21H,13-14H2,1-2H3/b4-3+. The van der Waals surface area contributed by atoms with Crippen molar-refractivity contribution in [2.45, 2.75) is 19.4 Å². The fraction of sp³-hybridized carbons (Fsp3) is 0.263. The molecule has 0 saturated carbocycles. The molecule has 0 amide bonds. The average Bonchev–Trinajstić information content (AvgIpc) is 2.57. The molecule has 0 aliphatic heterocycles. The minimum absolute atomic E-state index is 0.226. The van der Waals surface area contributed by atoms with Crippen LogP contribution in [0.4, 0.5) is 5.69 Å². The molecule has 0 aromatic heterocycles. The highest BCUT2D eigenvalue weighted by molar-refractivity contribution is 9.10. The third-order valence-corrected chi connectivity index (χ3v) is 3.91. The fourth-order valence-corrected chi connectivity index (χ4v) is 2.45. The molecule has 2 aromatic rings. The van der Waals surface area contributed by atoms with Gasteiger partial charge in [0.05, 0.1) is 13.7 Å². The van der Waals surface area contributed by atoms with E-state index in [2.05, 4.69) is 33.4 Å². The molecule has 0 spiro atoms. The molecule has 23 heavy (non-hydrogen) atoms. The molecule has 0 radical (unpaired) electrons. The van der Waals surface area contributed by atoms with Crippen molar-refractivity contribution in [1.29, 1.82) is 0 Å². The molecule has 0 bridgehead atoms. The fourth-order valence-electron chi connectivity index (χ4n) is 2.18. The Kier molecular flexibility index (Phi) is 7.01. The lowest BCUT2D eigenvalue weighted by Gasteiger charge is -2.17. The summed E-state index contributed by atoms with van der Waals surface area (Å²) in [5.41, 5.74) is 1.07. The van der Waals surface area contributed by atoms with Gasteiger partial charge in [0.1, 0.15) is 11.5 Å². The zero-order valence-corrected chi connectivity index (χ0v) is 15.0. The van der Waals surface area contributed by atoms with E-state index >= 15 is 0 Å². The SMILES string of the molecule is C/C=C/C(CCOc1ccc(Br)cc1)Nc1ccc(OC)cc1. The van der Waals surface area contributed by atoms with E-state index < -0.39 is 0 Å². The third kappa shape index (κ3) is 5.99. The van der Waals surface area contributed by atoms with Crippen LogP contribution in [0.2, 0.25) is 0 Å². The van der Waals surface area contributed by atoms with Crippen LogP contribution in [-0.2, 0) is 0 Å². The summed E-state index contributed by atoms with van der Waals surface area (Å²) in [6.07, 6.45) is 5.09. The average molecular weight is 376 g/mol. The van der Waals surface area contributed by atoms with Crippen molar-refractivity contribution < 1.29 is 9.47 Å². The number of anilines is 1. The lowest BCUT2D eigenvalue weighted by atomic mass is 10.2. The van der Waals surface area contributed by atoms with E-state index in [1.807, 2.05) is 55.5 Å². The number of ether oxygens (including phenoxy) is 2. The number of hydrogen-bond acceptors (Lipinski definition) is 3. The Labute approximate surface area is 146 Å². The molecule has 4 heteroatoms. The Hall–Kier alpha value is -1.94. The van der Waals surface area contributed by atoms with Crippen molar-refractivity contribution in [3.8, 4) is 11.5 Å². The molecular formula is C19H22BrNO2. The van der Waals surface area contributed by atoms with Crippen LogP contribution in [0.5, 0.6) is 11.5 Å². The highest BCUT2D eigenvalue weighted by Crippen LogP contribution is 2.18. The summed E-state index contributed by atoms with van der Waals surface area (Å²) in [5, 5.41) is 3.50. The van der Waals surface area contributed by atoms with Gasteiger partial charge in [0, 0.05) is 22.6 Å². The van der Waals surface area contributed by atoms with Crippen LogP contribution < -0.4 is 14.8 Å². The normalized spacial score (nSPS) is 12.1. The summed E-state index contributed by atoms with van der Waals surface area (Å²) in [6, 6.07) is 16.1.